The van der Waals surface area contributed by atoms with E-state index in [0.29, 0.717) is 16.4 Å². The van der Waals surface area contributed by atoms with Crippen molar-refractivity contribution in [1.29, 1.82) is 0 Å². The van der Waals surface area contributed by atoms with Crippen molar-refractivity contribution in [1.82, 2.24) is 15.1 Å². The lowest BCUT2D eigenvalue weighted by Gasteiger charge is -2.25. The zero-order valence-electron chi connectivity index (χ0n) is 16.7. The highest BCUT2D eigenvalue weighted by atomic mass is 35.5. The Hall–Kier alpha value is -3.03. The van der Waals surface area contributed by atoms with E-state index >= 15 is 0 Å². The van der Waals surface area contributed by atoms with E-state index in [4.69, 9.17) is 16.3 Å². The summed E-state index contributed by atoms with van der Waals surface area (Å²) in [5.41, 5.74) is 3.11. The van der Waals surface area contributed by atoms with E-state index in [1.54, 1.807) is 35.1 Å². The van der Waals surface area contributed by atoms with Crippen LogP contribution in [0.4, 0.5) is 16.2 Å². The van der Waals surface area contributed by atoms with Gasteiger partial charge < -0.3 is 20.7 Å². The van der Waals surface area contributed by atoms with Gasteiger partial charge in [-0.15, -0.1) is 0 Å². The molecular weight excluding hydrogens is 402 g/mol. The molecule has 7 nitrogen and oxygen atoms in total. The quantitative estimate of drug-likeness (QED) is 0.561. The van der Waals surface area contributed by atoms with Crippen LogP contribution in [0.15, 0.2) is 54.7 Å². The van der Waals surface area contributed by atoms with Crippen LogP contribution in [0.5, 0.6) is 5.75 Å². The summed E-state index contributed by atoms with van der Waals surface area (Å²) in [6, 6.07) is 14.2. The largest absolute Gasteiger partial charge is 0.488 e. The number of carbonyl (C=O) groups excluding carboxylic acids is 1. The van der Waals surface area contributed by atoms with E-state index in [1.807, 2.05) is 31.3 Å². The molecule has 3 N–H and O–H groups in total. The Balaban J connectivity index is 1.54. The van der Waals surface area contributed by atoms with Gasteiger partial charge in [0.2, 0.25) is 0 Å². The number of hydrogen-bond acceptors (Lipinski definition) is 4. The molecule has 30 heavy (non-hydrogen) atoms. The van der Waals surface area contributed by atoms with Gasteiger partial charge in [0.1, 0.15) is 11.9 Å². The second-order valence-corrected chi connectivity index (χ2v) is 7.66. The van der Waals surface area contributed by atoms with Crippen LogP contribution in [0.3, 0.4) is 0 Å². The fourth-order valence-corrected chi connectivity index (χ4v) is 3.60. The molecule has 8 heteroatoms. The molecule has 1 aromatic heterocycles. The van der Waals surface area contributed by atoms with E-state index in [2.05, 4.69) is 21.0 Å². The maximum atomic E-state index is 12.4. The van der Waals surface area contributed by atoms with Gasteiger partial charge in [-0.1, -0.05) is 11.6 Å². The van der Waals surface area contributed by atoms with Crippen LogP contribution < -0.4 is 20.7 Å². The first-order valence-electron chi connectivity index (χ1n) is 9.92. The molecule has 156 valence electrons. The second-order valence-electron chi connectivity index (χ2n) is 7.22. The first kappa shape index (κ1) is 20.3. The third kappa shape index (κ3) is 4.93. The summed E-state index contributed by atoms with van der Waals surface area (Å²) in [4.78, 5) is 12.4. The van der Waals surface area contributed by atoms with Crippen LogP contribution in [0.25, 0.3) is 11.3 Å². The molecule has 0 bridgehead atoms. The van der Waals surface area contributed by atoms with Crippen LogP contribution >= 0.6 is 11.6 Å². The molecule has 1 atom stereocenters. The van der Waals surface area contributed by atoms with Gasteiger partial charge in [-0.25, -0.2) is 4.79 Å². The van der Waals surface area contributed by atoms with Gasteiger partial charge in [0.05, 0.1) is 5.69 Å². The zero-order chi connectivity index (χ0) is 20.9. The molecule has 0 aliphatic carbocycles. The van der Waals surface area contributed by atoms with Gasteiger partial charge >= 0.3 is 6.03 Å². The molecule has 2 amide bonds. The number of nitrogens with one attached hydrogen (secondary N) is 3. The number of nitrogens with zero attached hydrogens (tertiary/aromatic N) is 2. The topological polar surface area (TPSA) is 80.2 Å². The van der Waals surface area contributed by atoms with Crippen molar-refractivity contribution in [3.05, 3.63) is 59.8 Å². The molecule has 2 heterocycles. The standard InChI is InChI=1S/C22H24ClN5O2/c1-28-20(10-12-25-28)19-13-17(8-9-21(19)30-18-3-2-11-24-14-18)27-22(29)26-16-6-4-15(23)5-7-16/h4-10,12-13,18,24H,2-3,11,14H2,1H3,(H2,26,27,29)/t18-/m1/s1. The van der Waals surface area contributed by atoms with Gasteiger partial charge in [0.15, 0.2) is 0 Å². The maximum Gasteiger partial charge on any atom is 0.323 e. The Bertz CT molecular complexity index is 1010. The molecule has 3 aromatic rings. The number of hydrogen-bond donors (Lipinski definition) is 3. The minimum Gasteiger partial charge on any atom is -0.488 e. The first-order chi connectivity index (χ1) is 14.6. The van der Waals surface area contributed by atoms with Gasteiger partial charge in [-0.05, 0) is 67.9 Å². The number of piperidine rings is 1. The molecule has 0 spiro atoms. The van der Waals surface area contributed by atoms with Crippen molar-refractivity contribution in [2.24, 2.45) is 7.05 Å². The monoisotopic (exact) mass is 425 g/mol. The van der Waals surface area contributed by atoms with Gasteiger partial charge in [-0.3, -0.25) is 4.68 Å². The summed E-state index contributed by atoms with van der Waals surface area (Å²) in [5.74, 6) is 0.774. The van der Waals surface area contributed by atoms with E-state index in [9.17, 15) is 4.79 Å². The number of ether oxygens (including phenoxy) is 1. The Morgan fingerprint density at radius 3 is 2.63 bits per heavy atom. The Kier molecular flexibility index (Phi) is 6.21. The average molecular weight is 426 g/mol. The Morgan fingerprint density at radius 2 is 1.93 bits per heavy atom. The summed E-state index contributed by atoms with van der Waals surface area (Å²) < 4.78 is 8.08. The molecule has 0 saturated carbocycles. The third-order valence-electron chi connectivity index (χ3n) is 4.98. The summed E-state index contributed by atoms with van der Waals surface area (Å²) >= 11 is 5.89. The fourth-order valence-electron chi connectivity index (χ4n) is 3.48. The second kappa shape index (κ2) is 9.19. The highest BCUT2D eigenvalue weighted by Crippen LogP contribution is 2.33. The maximum absolute atomic E-state index is 12.4. The lowest BCUT2D eigenvalue weighted by atomic mass is 10.1. The van der Waals surface area contributed by atoms with Crippen molar-refractivity contribution < 1.29 is 9.53 Å². The van der Waals surface area contributed by atoms with E-state index in [1.165, 1.54) is 0 Å². The molecule has 1 fully saturated rings. The number of rotatable bonds is 5. The number of anilines is 2. The Morgan fingerprint density at radius 1 is 1.17 bits per heavy atom. The highest BCUT2D eigenvalue weighted by Gasteiger charge is 2.18. The number of carbonyl (C=O) groups is 1. The predicted molar refractivity (Wildman–Crippen MR) is 119 cm³/mol. The molecule has 4 rings (SSSR count). The molecule has 0 radical (unpaired) electrons. The molecule has 2 aromatic carbocycles. The highest BCUT2D eigenvalue weighted by molar-refractivity contribution is 6.30. The van der Waals surface area contributed by atoms with Crippen LogP contribution in [0.2, 0.25) is 5.02 Å². The normalized spacial score (nSPS) is 16.1. The van der Waals surface area contributed by atoms with E-state index in [0.717, 1.165) is 42.9 Å². The molecule has 1 aliphatic heterocycles. The lowest BCUT2D eigenvalue weighted by molar-refractivity contribution is 0.168. The number of aryl methyl sites for hydroxylation is 1. The van der Waals surface area contributed by atoms with Crippen molar-refractivity contribution >= 4 is 29.0 Å². The molecule has 1 aliphatic rings. The van der Waals surface area contributed by atoms with Crippen molar-refractivity contribution in [2.45, 2.75) is 18.9 Å². The van der Waals surface area contributed by atoms with E-state index in [-0.39, 0.29) is 12.1 Å². The smallest absolute Gasteiger partial charge is 0.323 e. The van der Waals surface area contributed by atoms with Crippen molar-refractivity contribution in [3.63, 3.8) is 0 Å². The van der Waals surface area contributed by atoms with Gasteiger partial charge in [0, 0.05) is 41.8 Å². The predicted octanol–water partition coefficient (Wildman–Crippen LogP) is 4.52. The molecular formula is C22H24ClN5O2. The van der Waals surface area contributed by atoms with Gasteiger partial charge in [0.25, 0.3) is 0 Å². The van der Waals surface area contributed by atoms with Crippen molar-refractivity contribution in [3.8, 4) is 17.0 Å². The van der Waals surface area contributed by atoms with E-state index < -0.39 is 0 Å². The number of benzene rings is 2. The summed E-state index contributed by atoms with van der Waals surface area (Å²) in [6.45, 7) is 1.86. The van der Waals surface area contributed by atoms with Crippen LogP contribution in [0, 0.1) is 0 Å². The van der Waals surface area contributed by atoms with Crippen LogP contribution in [-0.2, 0) is 7.05 Å². The minimum atomic E-state index is -0.335. The molecule has 0 unspecified atom stereocenters. The number of amides is 2. The number of urea groups is 1. The fraction of sp³-hybridized carbons (Fsp3) is 0.273. The number of halogens is 1. The third-order valence-corrected chi connectivity index (χ3v) is 5.23. The summed E-state index contributed by atoms with van der Waals surface area (Å²) in [5, 5.41) is 13.9. The van der Waals surface area contributed by atoms with Crippen molar-refractivity contribution in [2.75, 3.05) is 23.7 Å². The number of aromatic nitrogens is 2. The lowest BCUT2D eigenvalue weighted by Crippen LogP contribution is -2.37. The SMILES string of the molecule is Cn1nccc1-c1cc(NC(=O)Nc2ccc(Cl)cc2)ccc1O[C@@H]1CCCNC1. The summed E-state index contributed by atoms with van der Waals surface area (Å²) in [7, 11) is 1.88. The molecule has 1 saturated heterocycles. The Labute approximate surface area is 180 Å². The van der Waals surface area contributed by atoms with Crippen LogP contribution in [-0.4, -0.2) is 35.0 Å². The van der Waals surface area contributed by atoms with Gasteiger partial charge in [-0.2, -0.15) is 5.10 Å². The zero-order valence-corrected chi connectivity index (χ0v) is 17.4. The minimum absolute atomic E-state index is 0.123. The first-order valence-corrected chi connectivity index (χ1v) is 10.3. The van der Waals surface area contributed by atoms with Crippen LogP contribution in [0.1, 0.15) is 12.8 Å². The average Bonchev–Trinajstić information content (AvgIpc) is 3.17. The summed E-state index contributed by atoms with van der Waals surface area (Å²) in [6.07, 6.45) is 3.98.